The van der Waals surface area contributed by atoms with Crippen molar-refractivity contribution in [1.82, 2.24) is 9.21 Å². The van der Waals surface area contributed by atoms with Gasteiger partial charge in [-0.05, 0) is 49.4 Å². The van der Waals surface area contributed by atoms with Gasteiger partial charge in [-0.2, -0.15) is 4.31 Å². The van der Waals surface area contributed by atoms with Crippen molar-refractivity contribution < 1.29 is 17.9 Å². The molecule has 6 nitrogen and oxygen atoms in total. The van der Waals surface area contributed by atoms with E-state index in [0.29, 0.717) is 43.6 Å². The first-order valence-corrected chi connectivity index (χ1v) is 12.2. The van der Waals surface area contributed by atoms with Gasteiger partial charge in [0.1, 0.15) is 5.75 Å². The summed E-state index contributed by atoms with van der Waals surface area (Å²) in [5.41, 5.74) is 1.26. The van der Waals surface area contributed by atoms with Gasteiger partial charge in [0.2, 0.25) is 10.0 Å². The van der Waals surface area contributed by atoms with Crippen LogP contribution in [0.15, 0.2) is 53.4 Å². The second kappa shape index (κ2) is 9.83. The number of para-hydroxylation sites is 1. The Hall–Kier alpha value is -2.38. The fraction of sp³-hybridized carbons (Fsp3) is 0.458. The van der Waals surface area contributed by atoms with E-state index in [2.05, 4.69) is 13.8 Å². The summed E-state index contributed by atoms with van der Waals surface area (Å²) in [6, 6.07) is 14.0. The number of carbonyl (C=O) groups excluding carboxylic acids is 1. The van der Waals surface area contributed by atoms with Gasteiger partial charge >= 0.3 is 0 Å². The van der Waals surface area contributed by atoms with Crippen molar-refractivity contribution >= 4 is 15.9 Å². The fourth-order valence-electron chi connectivity index (χ4n) is 4.22. The lowest BCUT2D eigenvalue weighted by Gasteiger charge is -2.34. The molecule has 1 amide bonds. The van der Waals surface area contributed by atoms with Gasteiger partial charge in [-0.1, -0.05) is 38.1 Å². The van der Waals surface area contributed by atoms with E-state index in [-0.39, 0.29) is 10.8 Å². The Kier molecular flexibility index (Phi) is 7.38. The number of piperidine rings is 1. The summed E-state index contributed by atoms with van der Waals surface area (Å²) >= 11 is 0. The Morgan fingerprint density at radius 1 is 1.10 bits per heavy atom. The lowest BCUT2D eigenvalue weighted by atomic mass is 9.94. The van der Waals surface area contributed by atoms with Gasteiger partial charge in [-0.15, -0.1) is 0 Å². The zero-order chi connectivity index (χ0) is 22.6. The molecule has 2 atom stereocenters. The highest BCUT2D eigenvalue weighted by Crippen LogP contribution is 2.27. The summed E-state index contributed by atoms with van der Waals surface area (Å²) in [7, 11) is -1.93. The lowest BCUT2D eigenvalue weighted by molar-refractivity contribution is 0.0783. The van der Waals surface area contributed by atoms with E-state index >= 15 is 0 Å². The molecule has 1 fully saturated rings. The maximum atomic E-state index is 13.2. The number of nitrogens with zero attached hydrogens (tertiary/aromatic N) is 2. The molecule has 2 aromatic carbocycles. The molecule has 2 aromatic rings. The average molecular weight is 445 g/mol. The molecule has 168 valence electrons. The molecule has 31 heavy (non-hydrogen) atoms. The summed E-state index contributed by atoms with van der Waals surface area (Å²) < 4.78 is 33.6. The highest BCUT2D eigenvalue weighted by Gasteiger charge is 2.32. The summed E-state index contributed by atoms with van der Waals surface area (Å²) in [4.78, 5) is 14.8. The Balaban J connectivity index is 1.80. The monoisotopic (exact) mass is 444 g/mol. The molecule has 0 radical (unpaired) electrons. The second-order valence-corrected chi connectivity index (χ2v) is 10.4. The molecular weight excluding hydrogens is 412 g/mol. The molecule has 3 rings (SSSR count). The SMILES string of the molecule is CCOc1ccccc1CN(C)C(=O)c1cccc(S(=O)(=O)N2CC(C)CC(C)C2)c1. The van der Waals surface area contributed by atoms with Crippen molar-refractivity contribution in [2.45, 2.75) is 38.6 Å². The number of hydrogen-bond donors (Lipinski definition) is 0. The maximum Gasteiger partial charge on any atom is 0.253 e. The third kappa shape index (κ3) is 5.46. The molecule has 7 heteroatoms. The van der Waals surface area contributed by atoms with Crippen LogP contribution in [0.2, 0.25) is 0 Å². The van der Waals surface area contributed by atoms with Crippen molar-refractivity contribution in [1.29, 1.82) is 0 Å². The van der Waals surface area contributed by atoms with Crippen LogP contribution in [0.4, 0.5) is 0 Å². The highest BCUT2D eigenvalue weighted by molar-refractivity contribution is 7.89. The standard InChI is InChI=1S/C24H32N2O4S/c1-5-30-23-12-7-6-9-21(23)17-25(4)24(27)20-10-8-11-22(14-20)31(28,29)26-15-18(2)13-19(3)16-26/h6-12,14,18-19H,5,13,15-17H2,1-4H3. The fourth-order valence-corrected chi connectivity index (χ4v) is 5.95. The molecular formula is C24H32N2O4S. The van der Waals surface area contributed by atoms with Crippen LogP contribution in [0.25, 0.3) is 0 Å². The number of amides is 1. The molecule has 0 aliphatic carbocycles. The Morgan fingerprint density at radius 3 is 2.45 bits per heavy atom. The molecule has 1 aliphatic heterocycles. The Morgan fingerprint density at radius 2 is 1.77 bits per heavy atom. The Labute approximate surface area is 185 Å². The van der Waals surface area contributed by atoms with Gasteiger partial charge in [0.05, 0.1) is 11.5 Å². The summed E-state index contributed by atoms with van der Waals surface area (Å²) in [5, 5.41) is 0. The van der Waals surface area contributed by atoms with E-state index in [4.69, 9.17) is 4.74 Å². The minimum Gasteiger partial charge on any atom is -0.494 e. The van der Waals surface area contributed by atoms with Gasteiger partial charge in [0, 0.05) is 37.8 Å². The van der Waals surface area contributed by atoms with E-state index < -0.39 is 10.0 Å². The Bertz CT molecular complexity index is 1010. The highest BCUT2D eigenvalue weighted by atomic mass is 32.2. The van der Waals surface area contributed by atoms with Gasteiger partial charge in [-0.25, -0.2) is 8.42 Å². The number of benzene rings is 2. The van der Waals surface area contributed by atoms with Crippen molar-refractivity contribution in [3.8, 4) is 5.75 Å². The van der Waals surface area contributed by atoms with Gasteiger partial charge < -0.3 is 9.64 Å². The third-order valence-corrected chi connectivity index (χ3v) is 7.41. The van der Waals surface area contributed by atoms with Crippen molar-refractivity contribution in [3.63, 3.8) is 0 Å². The molecule has 1 saturated heterocycles. The minimum atomic E-state index is -3.64. The molecule has 0 spiro atoms. The first kappa shape index (κ1) is 23.3. The molecule has 0 saturated carbocycles. The first-order chi connectivity index (χ1) is 14.7. The molecule has 1 aliphatic rings. The first-order valence-electron chi connectivity index (χ1n) is 10.8. The molecule has 1 heterocycles. The van der Waals surface area contributed by atoms with Crippen molar-refractivity contribution in [2.24, 2.45) is 11.8 Å². The number of rotatable bonds is 7. The lowest BCUT2D eigenvalue weighted by Crippen LogP contribution is -2.42. The normalized spacial score (nSPS) is 19.7. The van der Waals surface area contributed by atoms with Crippen LogP contribution in [0.1, 0.15) is 43.1 Å². The van der Waals surface area contributed by atoms with Crippen LogP contribution in [0.3, 0.4) is 0 Å². The second-order valence-electron chi connectivity index (χ2n) is 8.50. The van der Waals surface area contributed by atoms with E-state index in [1.165, 1.54) is 6.07 Å². The smallest absolute Gasteiger partial charge is 0.253 e. The largest absolute Gasteiger partial charge is 0.494 e. The average Bonchev–Trinajstić information content (AvgIpc) is 2.74. The number of sulfonamides is 1. The van der Waals surface area contributed by atoms with E-state index in [9.17, 15) is 13.2 Å². The van der Waals surface area contributed by atoms with Crippen molar-refractivity contribution in [3.05, 3.63) is 59.7 Å². The minimum absolute atomic E-state index is 0.169. The molecule has 0 aromatic heterocycles. The summed E-state index contributed by atoms with van der Waals surface area (Å²) in [5.74, 6) is 1.15. The van der Waals surface area contributed by atoms with Crippen LogP contribution >= 0.6 is 0 Å². The van der Waals surface area contributed by atoms with Crippen molar-refractivity contribution in [2.75, 3.05) is 26.7 Å². The maximum absolute atomic E-state index is 13.2. The summed E-state index contributed by atoms with van der Waals surface area (Å²) in [6.45, 7) is 8.01. The van der Waals surface area contributed by atoms with Gasteiger partial charge in [0.15, 0.2) is 0 Å². The van der Waals surface area contributed by atoms with Gasteiger partial charge in [-0.3, -0.25) is 4.79 Å². The molecule has 2 unspecified atom stereocenters. The third-order valence-electron chi connectivity index (χ3n) is 5.58. The number of carbonyl (C=O) groups is 1. The number of hydrogen-bond acceptors (Lipinski definition) is 4. The molecule has 0 N–H and O–H groups in total. The van der Waals surface area contributed by atoms with Crippen LogP contribution in [-0.4, -0.2) is 50.3 Å². The molecule has 0 bridgehead atoms. The predicted molar refractivity (Wildman–Crippen MR) is 122 cm³/mol. The quantitative estimate of drug-likeness (QED) is 0.647. The summed E-state index contributed by atoms with van der Waals surface area (Å²) in [6.07, 6.45) is 1.03. The van der Waals surface area contributed by atoms with Crippen LogP contribution < -0.4 is 4.74 Å². The topological polar surface area (TPSA) is 66.9 Å². The van der Waals surface area contributed by atoms with E-state index in [1.54, 1.807) is 34.5 Å². The zero-order valence-electron chi connectivity index (χ0n) is 18.7. The zero-order valence-corrected chi connectivity index (χ0v) is 19.6. The van der Waals surface area contributed by atoms with E-state index in [1.807, 2.05) is 31.2 Å². The van der Waals surface area contributed by atoms with Crippen LogP contribution in [0, 0.1) is 11.8 Å². The van der Waals surface area contributed by atoms with Crippen LogP contribution in [-0.2, 0) is 16.6 Å². The number of ether oxygens (including phenoxy) is 1. The van der Waals surface area contributed by atoms with Crippen LogP contribution in [0.5, 0.6) is 5.75 Å². The van der Waals surface area contributed by atoms with E-state index in [0.717, 1.165) is 17.7 Å². The van der Waals surface area contributed by atoms with Gasteiger partial charge in [0.25, 0.3) is 5.91 Å². The predicted octanol–water partition coefficient (Wildman–Crippen LogP) is 4.02.